The second-order valence-electron chi connectivity index (χ2n) is 13.2. The molecule has 2 N–H and O–H groups in total. The number of hydrogen-bond donors (Lipinski definition) is 2. The van der Waals surface area contributed by atoms with Gasteiger partial charge < -0.3 is 34.5 Å². The first-order chi connectivity index (χ1) is 28.9. The maximum absolute atomic E-state index is 13.2. The molecule has 0 saturated carbocycles. The first kappa shape index (κ1) is 43.7. The molecule has 3 aliphatic rings. The summed E-state index contributed by atoms with van der Waals surface area (Å²) in [5, 5.41) is 5.86. The predicted molar refractivity (Wildman–Crippen MR) is 222 cm³/mol. The van der Waals surface area contributed by atoms with E-state index in [4.69, 9.17) is 14.2 Å². The van der Waals surface area contributed by atoms with E-state index in [1.54, 1.807) is 60.7 Å². The Labute approximate surface area is 346 Å². The number of amides is 2. The van der Waals surface area contributed by atoms with E-state index in [0.717, 1.165) is 27.4 Å². The third-order valence-electron chi connectivity index (χ3n) is 9.36. The number of alkyl halides is 2. The molecule has 2 amide bonds. The Hall–Kier alpha value is -5.86. The Morgan fingerprint density at radius 3 is 1.45 bits per heavy atom. The van der Waals surface area contributed by atoms with Crippen LogP contribution in [0.1, 0.15) is 11.1 Å². The molecule has 3 heterocycles. The molecule has 7 rings (SSSR count). The summed E-state index contributed by atoms with van der Waals surface area (Å²) in [6.07, 6.45) is 0. The van der Waals surface area contributed by atoms with Gasteiger partial charge in [0.05, 0.1) is 39.5 Å². The van der Waals surface area contributed by atoms with Crippen LogP contribution < -0.4 is 20.3 Å². The minimum Gasteiger partial charge on any atom is -0.435 e. The third-order valence-corrected chi connectivity index (χ3v) is 13.1. The molecule has 0 aromatic heterocycles. The zero-order chi connectivity index (χ0) is 42.9. The lowest BCUT2D eigenvalue weighted by molar-refractivity contribution is -0.123. The molecule has 0 radical (unpaired) electrons. The largest absolute Gasteiger partial charge is 0.435 e. The number of methoxy groups -OCH3 is 2. The highest BCUT2D eigenvalue weighted by Crippen LogP contribution is 2.38. The van der Waals surface area contributed by atoms with Gasteiger partial charge in [-0.05, 0) is 59.7 Å². The lowest BCUT2D eigenvalue weighted by Crippen LogP contribution is -2.36. The number of rotatable bonds is 15. The lowest BCUT2D eigenvalue weighted by Gasteiger charge is -2.29. The number of benzene rings is 4. The van der Waals surface area contributed by atoms with E-state index in [0.29, 0.717) is 35.7 Å². The fourth-order valence-corrected chi connectivity index (χ4v) is 9.85. The minimum atomic E-state index is -4.10. The van der Waals surface area contributed by atoms with Gasteiger partial charge in [-0.3, -0.25) is 9.59 Å². The van der Waals surface area contributed by atoms with Crippen LogP contribution in [0.5, 0.6) is 5.75 Å². The van der Waals surface area contributed by atoms with E-state index in [1.165, 1.54) is 38.5 Å². The molecule has 4 aromatic carbocycles. The van der Waals surface area contributed by atoms with Crippen LogP contribution >= 0.6 is 0 Å². The molecular formula is C41H43F2N5O10S2. The summed E-state index contributed by atoms with van der Waals surface area (Å²) in [6, 6.07) is 29.9. The summed E-state index contributed by atoms with van der Waals surface area (Å²) < 4.78 is 98.3. The number of nitrogens with zero attached hydrogens (tertiary/aromatic N) is 3. The Balaban J connectivity index is 0.000000202. The normalized spacial score (nSPS) is 17.2. The summed E-state index contributed by atoms with van der Waals surface area (Å²) in [6.45, 7) is 0.0396. The predicted octanol–water partition coefficient (Wildman–Crippen LogP) is 5.01. The van der Waals surface area contributed by atoms with E-state index < -0.39 is 38.5 Å². The van der Waals surface area contributed by atoms with Crippen molar-refractivity contribution in [1.29, 1.82) is 0 Å². The molecular weight excluding hydrogens is 825 g/mol. The van der Waals surface area contributed by atoms with E-state index in [1.807, 2.05) is 24.3 Å². The van der Waals surface area contributed by atoms with E-state index >= 15 is 0 Å². The second-order valence-corrected chi connectivity index (χ2v) is 16.8. The zero-order valence-corrected chi connectivity index (χ0v) is 34.3. The van der Waals surface area contributed by atoms with Crippen LogP contribution in [0.4, 0.5) is 25.8 Å². The monoisotopic (exact) mass is 867 g/mol. The fourth-order valence-electron chi connectivity index (χ4n) is 6.50. The molecule has 19 heteroatoms. The summed E-state index contributed by atoms with van der Waals surface area (Å²) in [5.41, 5.74) is 2.75. The molecule has 318 valence electrons. The van der Waals surface area contributed by atoms with Crippen molar-refractivity contribution in [3.8, 4) is 5.75 Å². The number of anilines is 3. The van der Waals surface area contributed by atoms with Gasteiger partial charge in [-0.2, -0.15) is 8.78 Å². The van der Waals surface area contributed by atoms with E-state index in [-0.39, 0.29) is 53.3 Å². The van der Waals surface area contributed by atoms with Crippen LogP contribution in [0.15, 0.2) is 121 Å². The molecule has 60 heavy (non-hydrogen) atoms. The van der Waals surface area contributed by atoms with Gasteiger partial charge in [0.15, 0.2) is 0 Å². The van der Waals surface area contributed by atoms with Crippen molar-refractivity contribution in [1.82, 2.24) is 8.61 Å². The molecule has 15 nitrogen and oxygen atoms in total. The van der Waals surface area contributed by atoms with Gasteiger partial charge >= 0.3 is 6.61 Å². The van der Waals surface area contributed by atoms with Crippen molar-refractivity contribution in [2.45, 2.75) is 6.61 Å². The molecule has 0 atom stereocenters. The summed E-state index contributed by atoms with van der Waals surface area (Å²) in [5.74, 6) is -1.38. The number of sulfonamides is 2. The topological polar surface area (TPSA) is 173 Å². The zero-order valence-electron chi connectivity index (χ0n) is 32.6. The molecule has 0 spiro atoms. The molecule has 0 bridgehead atoms. The highest BCUT2D eigenvalue weighted by atomic mass is 32.2. The van der Waals surface area contributed by atoms with Gasteiger partial charge in [-0.15, -0.1) is 0 Å². The molecule has 0 unspecified atom stereocenters. The molecule has 4 aromatic rings. The van der Waals surface area contributed by atoms with Gasteiger partial charge in [0.1, 0.15) is 27.0 Å². The third kappa shape index (κ3) is 9.77. The average Bonchev–Trinajstić information content (AvgIpc) is 3.55. The molecule has 3 aliphatic heterocycles. The number of carbonyl (C=O) groups excluding carboxylic acids is 2. The first-order valence-electron chi connectivity index (χ1n) is 18.6. The maximum Gasteiger partial charge on any atom is 0.387 e. The SMILES string of the molecule is COCCN1C(=O)C(Nc2ccc(N3CCOCC3)cc2)=C(c2ccccc2)S1(=O)=O.COCCN1C(=O)C(Nc2ccc(OC(F)F)cc2)=C(c2ccccc2)S1(=O)=O. The number of carbonyl (C=O) groups is 2. The molecule has 1 fully saturated rings. The Bertz CT molecular complexity index is 2410. The summed E-state index contributed by atoms with van der Waals surface area (Å²) >= 11 is 0. The molecule has 1 saturated heterocycles. The lowest BCUT2D eigenvalue weighted by atomic mass is 10.1. The Morgan fingerprint density at radius 1 is 0.633 bits per heavy atom. The van der Waals surface area contributed by atoms with Crippen molar-refractivity contribution in [3.63, 3.8) is 0 Å². The quantitative estimate of drug-likeness (QED) is 0.164. The van der Waals surface area contributed by atoms with Crippen LogP contribution in [0.2, 0.25) is 0 Å². The number of hydrogen-bond acceptors (Lipinski definition) is 13. The number of nitrogens with one attached hydrogen (secondary N) is 2. The van der Waals surface area contributed by atoms with Crippen LogP contribution in [0.3, 0.4) is 0 Å². The summed E-state index contributed by atoms with van der Waals surface area (Å²) in [4.78, 5) is 28.0. The highest BCUT2D eigenvalue weighted by Gasteiger charge is 2.45. The van der Waals surface area contributed by atoms with Crippen molar-refractivity contribution in [2.24, 2.45) is 0 Å². The molecule has 0 aliphatic carbocycles. The van der Waals surface area contributed by atoms with Gasteiger partial charge in [0, 0.05) is 44.4 Å². The maximum atomic E-state index is 13.2. The van der Waals surface area contributed by atoms with Gasteiger partial charge in [-0.25, -0.2) is 25.4 Å². The smallest absolute Gasteiger partial charge is 0.387 e. The van der Waals surface area contributed by atoms with Crippen LogP contribution in [-0.2, 0) is 43.8 Å². The summed E-state index contributed by atoms with van der Waals surface area (Å²) in [7, 11) is -5.23. The first-order valence-corrected chi connectivity index (χ1v) is 21.5. The van der Waals surface area contributed by atoms with Crippen molar-refractivity contribution in [3.05, 3.63) is 132 Å². The van der Waals surface area contributed by atoms with Crippen LogP contribution in [-0.4, -0.2) is 111 Å². The fraction of sp³-hybridized carbons (Fsp3) is 0.268. The van der Waals surface area contributed by atoms with Gasteiger partial charge in [-0.1, -0.05) is 60.7 Å². The highest BCUT2D eigenvalue weighted by molar-refractivity contribution is 8.00. The Kier molecular flexibility index (Phi) is 14.2. The van der Waals surface area contributed by atoms with Crippen molar-refractivity contribution >= 4 is 58.7 Å². The van der Waals surface area contributed by atoms with Gasteiger partial charge in [0.2, 0.25) is 0 Å². The van der Waals surface area contributed by atoms with Crippen LogP contribution in [0.25, 0.3) is 9.81 Å². The Morgan fingerprint density at radius 2 is 1.05 bits per heavy atom. The number of morpholine rings is 1. The van der Waals surface area contributed by atoms with Gasteiger partial charge in [0.25, 0.3) is 31.9 Å². The number of ether oxygens (including phenoxy) is 4. The van der Waals surface area contributed by atoms with Crippen molar-refractivity contribution < 1.29 is 54.2 Å². The minimum absolute atomic E-state index is 0.0218. The van der Waals surface area contributed by atoms with Crippen molar-refractivity contribution in [2.75, 3.05) is 82.4 Å². The van der Waals surface area contributed by atoms with Crippen LogP contribution in [0, 0.1) is 0 Å². The standard InChI is InChI=1S/C22H25N3O5S.C19H18F2N2O5S/c1-29-14-13-25-22(26)20(21(31(25,27)28)17-5-3-2-4-6-17)23-18-7-9-19(10-8-18)24-11-15-30-16-12-24;1-27-12-11-23-18(24)16(17(29(23,25)26)13-5-3-2-4-6-13)22-14-7-9-15(10-8-14)28-19(20)21/h2-10,23H,11-16H2,1H3;2-10,19,22H,11-12H2,1H3. The van der Waals surface area contributed by atoms with E-state index in [2.05, 4.69) is 20.3 Å². The average molecular weight is 868 g/mol. The second kappa shape index (κ2) is 19.5. The van der Waals surface area contributed by atoms with E-state index in [9.17, 15) is 35.2 Å². The number of halogens is 2.